The number of thiazole rings is 1. The van der Waals surface area contributed by atoms with Gasteiger partial charge in [-0.05, 0) is 18.6 Å². The van der Waals surface area contributed by atoms with Gasteiger partial charge in [0.15, 0.2) is 4.34 Å². The average molecular weight is 397 g/mol. The van der Waals surface area contributed by atoms with Crippen LogP contribution in [0, 0.1) is 0 Å². The van der Waals surface area contributed by atoms with Crippen molar-refractivity contribution in [3.05, 3.63) is 39.7 Å². The van der Waals surface area contributed by atoms with Gasteiger partial charge in [0.25, 0.3) is 0 Å². The van der Waals surface area contributed by atoms with Crippen molar-refractivity contribution in [1.82, 2.24) is 15.2 Å². The Morgan fingerprint density at radius 3 is 2.79 bits per heavy atom. The van der Waals surface area contributed by atoms with Gasteiger partial charge in [-0.1, -0.05) is 53.8 Å². The van der Waals surface area contributed by atoms with E-state index < -0.39 is 0 Å². The lowest BCUT2D eigenvalue weighted by Gasteiger charge is -1.99. The Balaban J connectivity index is 1.55. The molecule has 0 radical (unpaired) electrons. The molecular formula is C15H13ClN4OS3. The fourth-order valence-electron chi connectivity index (χ4n) is 1.81. The van der Waals surface area contributed by atoms with Crippen molar-refractivity contribution in [2.45, 2.75) is 17.7 Å². The van der Waals surface area contributed by atoms with Crippen LogP contribution in [0.2, 0.25) is 5.02 Å². The second-order valence-electron chi connectivity index (χ2n) is 4.70. The molecule has 24 heavy (non-hydrogen) atoms. The molecule has 124 valence electrons. The molecule has 0 aliphatic heterocycles. The van der Waals surface area contributed by atoms with E-state index in [1.54, 1.807) is 0 Å². The van der Waals surface area contributed by atoms with Crippen molar-refractivity contribution >= 4 is 57.1 Å². The Kier molecular flexibility index (Phi) is 5.83. The second kappa shape index (κ2) is 8.06. The average Bonchev–Trinajstić information content (AvgIpc) is 3.23. The number of benzene rings is 1. The lowest BCUT2D eigenvalue weighted by atomic mass is 10.2. The number of aryl methyl sites for hydroxylation is 1. The van der Waals surface area contributed by atoms with Gasteiger partial charge in [-0.2, -0.15) is 0 Å². The van der Waals surface area contributed by atoms with Crippen molar-refractivity contribution in [1.29, 1.82) is 0 Å². The van der Waals surface area contributed by atoms with Crippen LogP contribution in [-0.4, -0.2) is 26.8 Å². The quantitative estimate of drug-likeness (QED) is 0.616. The molecule has 1 N–H and O–H groups in total. The number of nitrogens with zero attached hydrogens (tertiary/aromatic N) is 3. The summed E-state index contributed by atoms with van der Waals surface area (Å²) in [6.45, 7) is 2.00. The van der Waals surface area contributed by atoms with E-state index in [0.29, 0.717) is 10.2 Å². The highest BCUT2D eigenvalue weighted by molar-refractivity contribution is 8.01. The summed E-state index contributed by atoms with van der Waals surface area (Å²) < 4.78 is 0.849. The summed E-state index contributed by atoms with van der Waals surface area (Å²) in [4.78, 5) is 16.5. The van der Waals surface area contributed by atoms with E-state index in [1.165, 1.54) is 34.4 Å². The number of carbonyl (C=O) groups excluding carboxylic acids is 1. The van der Waals surface area contributed by atoms with E-state index >= 15 is 0 Å². The minimum atomic E-state index is -0.109. The van der Waals surface area contributed by atoms with Gasteiger partial charge in [-0.25, -0.2) is 4.98 Å². The number of hydrogen-bond acceptors (Lipinski definition) is 7. The zero-order chi connectivity index (χ0) is 16.9. The molecule has 1 amide bonds. The third kappa shape index (κ3) is 4.54. The van der Waals surface area contributed by atoms with Crippen LogP contribution in [-0.2, 0) is 11.2 Å². The van der Waals surface area contributed by atoms with Crippen LogP contribution in [0.4, 0.5) is 5.13 Å². The van der Waals surface area contributed by atoms with Crippen molar-refractivity contribution in [2.24, 2.45) is 0 Å². The molecule has 0 unspecified atom stereocenters. The molecule has 9 heteroatoms. The number of aromatic nitrogens is 3. The van der Waals surface area contributed by atoms with E-state index in [0.717, 1.165) is 27.0 Å². The molecule has 0 fully saturated rings. The number of amides is 1. The lowest BCUT2D eigenvalue weighted by molar-refractivity contribution is -0.113. The summed E-state index contributed by atoms with van der Waals surface area (Å²) in [5.74, 6) is 0.177. The maximum absolute atomic E-state index is 12.0. The van der Waals surface area contributed by atoms with Crippen molar-refractivity contribution in [2.75, 3.05) is 11.1 Å². The summed E-state index contributed by atoms with van der Waals surface area (Å²) in [7, 11) is 0. The van der Waals surface area contributed by atoms with Gasteiger partial charge in [-0.3, -0.25) is 10.1 Å². The number of halogens is 1. The highest BCUT2D eigenvalue weighted by Gasteiger charge is 2.10. The maximum Gasteiger partial charge on any atom is 0.236 e. The van der Waals surface area contributed by atoms with Gasteiger partial charge in [-0.15, -0.1) is 21.5 Å². The summed E-state index contributed by atoms with van der Waals surface area (Å²) in [5.41, 5.74) is 1.89. The third-order valence-electron chi connectivity index (χ3n) is 2.97. The van der Waals surface area contributed by atoms with E-state index in [1.807, 2.05) is 36.6 Å². The van der Waals surface area contributed by atoms with E-state index in [2.05, 4.69) is 20.5 Å². The number of nitrogens with one attached hydrogen (secondary N) is 1. The van der Waals surface area contributed by atoms with E-state index in [9.17, 15) is 4.79 Å². The minimum Gasteiger partial charge on any atom is -0.300 e. The predicted molar refractivity (Wildman–Crippen MR) is 101 cm³/mol. The first-order valence-electron chi connectivity index (χ1n) is 7.10. The fraction of sp³-hybridized carbons (Fsp3) is 0.200. The molecule has 3 aromatic rings. The normalized spacial score (nSPS) is 10.8. The first-order chi connectivity index (χ1) is 11.6. The Morgan fingerprint density at radius 2 is 2.08 bits per heavy atom. The lowest BCUT2D eigenvalue weighted by Crippen LogP contribution is -2.13. The van der Waals surface area contributed by atoms with Gasteiger partial charge >= 0.3 is 0 Å². The molecular weight excluding hydrogens is 384 g/mol. The van der Waals surface area contributed by atoms with Gasteiger partial charge in [0.1, 0.15) is 5.01 Å². The first-order valence-corrected chi connectivity index (χ1v) is 10.2. The molecule has 0 spiro atoms. The minimum absolute atomic E-state index is 0.109. The van der Waals surface area contributed by atoms with E-state index in [-0.39, 0.29) is 11.7 Å². The number of anilines is 1. The molecule has 0 aliphatic carbocycles. The molecule has 5 nitrogen and oxygen atoms in total. The van der Waals surface area contributed by atoms with Crippen LogP contribution in [0.15, 0.2) is 34.0 Å². The molecule has 3 rings (SSSR count). The molecule has 0 atom stereocenters. The Morgan fingerprint density at radius 1 is 1.29 bits per heavy atom. The predicted octanol–water partition coefficient (Wildman–Crippen LogP) is 4.61. The first kappa shape index (κ1) is 17.3. The summed E-state index contributed by atoms with van der Waals surface area (Å²) in [6.07, 6.45) is 0.814. The number of thioether (sulfide) groups is 1. The monoisotopic (exact) mass is 396 g/mol. The molecule has 1 aromatic carbocycles. The van der Waals surface area contributed by atoms with Crippen molar-refractivity contribution < 1.29 is 4.79 Å². The molecule has 0 bridgehead atoms. The highest BCUT2D eigenvalue weighted by atomic mass is 35.5. The third-order valence-corrected chi connectivity index (χ3v) is 6.22. The Bertz CT molecular complexity index is 831. The largest absolute Gasteiger partial charge is 0.300 e. The summed E-state index contributed by atoms with van der Waals surface area (Å²) in [6, 6.07) is 7.53. The van der Waals surface area contributed by atoms with Crippen molar-refractivity contribution in [3.8, 4) is 11.3 Å². The molecule has 0 saturated carbocycles. The van der Waals surface area contributed by atoms with Crippen LogP contribution < -0.4 is 5.32 Å². The SMILES string of the molecule is CCc1nnc(NC(=O)CSc2nc(-c3ccc(Cl)cc3)cs2)s1. The van der Waals surface area contributed by atoms with Gasteiger partial charge < -0.3 is 0 Å². The topological polar surface area (TPSA) is 67.8 Å². The zero-order valence-corrected chi connectivity index (χ0v) is 15.9. The number of hydrogen-bond donors (Lipinski definition) is 1. The van der Waals surface area contributed by atoms with Crippen LogP contribution in [0.5, 0.6) is 0 Å². The van der Waals surface area contributed by atoms with E-state index in [4.69, 9.17) is 11.6 Å². The van der Waals surface area contributed by atoms with Crippen molar-refractivity contribution in [3.63, 3.8) is 0 Å². The van der Waals surface area contributed by atoms with Crippen LogP contribution in [0.3, 0.4) is 0 Å². The summed E-state index contributed by atoms with van der Waals surface area (Å²) in [5, 5.41) is 14.8. The Labute approximate surface area is 156 Å². The standard InChI is InChI=1S/C15H13ClN4OS3/c1-2-13-19-20-14(24-13)18-12(21)8-23-15-17-11(7-22-15)9-3-5-10(16)6-4-9/h3-7H,2,8H2,1H3,(H,18,20,21). The van der Waals surface area contributed by atoms with Crippen LogP contribution in [0.25, 0.3) is 11.3 Å². The van der Waals surface area contributed by atoms with Gasteiger partial charge in [0.05, 0.1) is 11.4 Å². The molecule has 0 saturated heterocycles. The fourth-order valence-corrected chi connectivity index (χ4v) is 4.26. The second-order valence-corrected chi connectivity index (χ2v) is 8.28. The summed E-state index contributed by atoms with van der Waals surface area (Å²) >= 11 is 10.2. The smallest absolute Gasteiger partial charge is 0.236 e. The maximum atomic E-state index is 12.0. The number of rotatable bonds is 6. The Hall–Kier alpha value is -1.48. The molecule has 0 aliphatic rings. The van der Waals surface area contributed by atoms with Gasteiger partial charge in [0.2, 0.25) is 11.0 Å². The molecule has 2 heterocycles. The zero-order valence-electron chi connectivity index (χ0n) is 12.7. The number of carbonyl (C=O) groups is 1. The van der Waals surface area contributed by atoms with Crippen LogP contribution >= 0.6 is 46.0 Å². The van der Waals surface area contributed by atoms with Crippen LogP contribution in [0.1, 0.15) is 11.9 Å². The molecule has 2 aromatic heterocycles. The highest BCUT2D eigenvalue weighted by Crippen LogP contribution is 2.29. The van der Waals surface area contributed by atoms with Gasteiger partial charge in [0, 0.05) is 16.0 Å².